The van der Waals surface area contributed by atoms with Gasteiger partial charge in [0.25, 0.3) is 0 Å². The molecule has 4 rings (SSSR count). The highest BCUT2D eigenvalue weighted by molar-refractivity contribution is 6.31. The lowest BCUT2D eigenvalue weighted by molar-refractivity contribution is 0.477. The lowest BCUT2D eigenvalue weighted by atomic mass is 10.1. The molecule has 3 heterocycles. The van der Waals surface area contributed by atoms with Gasteiger partial charge in [0.15, 0.2) is 5.82 Å². The van der Waals surface area contributed by atoms with E-state index in [0.29, 0.717) is 16.5 Å². The zero-order valence-electron chi connectivity index (χ0n) is 14.9. The molecule has 0 saturated carbocycles. The van der Waals surface area contributed by atoms with Crippen LogP contribution in [-0.4, -0.2) is 26.3 Å². The van der Waals surface area contributed by atoms with Crippen LogP contribution in [0.25, 0.3) is 10.9 Å². The zero-order valence-corrected chi connectivity index (χ0v) is 15.7. The van der Waals surface area contributed by atoms with Crippen LogP contribution in [0, 0.1) is 11.3 Å². The molecule has 1 unspecified atom stereocenters. The van der Waals surface area contributed by atoms with Gasteiger partial charge in [-0.25, -0.2) is 4.98 Å². The molecule has 0 fully saturated rings. The fourth-order valence-electron chi connectivity index (χ4n) is 3.57. The van der Waals surface area contributed by atoms with Crippen LogP contribution < -0.4 is 4.90 Å². The summed E-state index contributed by atoms with van der Waals surface area (Å²) in [5.74, 6) is 3.08. The van der Waals surface area contributed by atoms with Crippen molar-refractivity contribution in [2.45, 2.75) is 39.3 Å². The molecule has 132 valence electrons. The lowest BCUT2D eigenvalue weighted by Crippen LogP contribution is -2.38. The summed E-state index contributed by atoms with van der Waals surface area (Å²) in [5.41, 5.74) is 1.35. The van der Waals surface area contributed by atoms with Crippen molar-refractivity contribution in [1.29, 1.82) is 5.26 Å². The largest absolute Gasteiger partial charge is 0.345 e. The summed E-state index contributed by atoms with van der Waals surface area (Å²) in [7, 11) is 0. The molecule has 3 aromatic rings. The normalized spacial score (nSPS) is 16.8. The van der Waals surface area contributed by atoms with Crippen molar-refractivity contribution in [2.75, 3.05) is 11.4 Å². The van der Waals surface area contributed by atoms with Crippen molar-refractivity contribution in [1.82, 2.24) is 19.7 Å². The van der Waals surface area contributed by atoms with E-state index in [1.165, 1.54) is 0 Å². The van der Waals surface area contributed by atoms with E-state index in [1.807, 2.05) is 12.1 Å². The van der Waals surface area contributed by atoms with Gasteiger partial charge >= 0.3 is 0 Å². The Balaban J connectivity index is 1.78. The van der Waals surface area contributed by atoms with Crippen LogP contribution >= 0.6 is 11.6 Å². The predicted molar refractivity (Wildman–Crippen MR) is 101 cm³/mol. The topological polar surface area (TPSA) is 70.6 Å². The van der Waals surface area contributed by atoms with Gasteiger partial charge in [0.1, 0.15) is 11.6 Å². The Labute approximate surface area is 157 Å². The standard InChI is InChI=1S/C19H19ClN6/c1-11(2)18-23-24-19-12(3)25(6-7-26(18)19)17-8-13(10-21)15-9-14(20)4-5-16(15)22-17/h4-5,8-9,11-12H,6-7H2,1-3H3. The van der Waals surface area contributed by atoms with Crippen LogP contribution in [-0.2, 0) is 6.54 Å². The number of fused-ring (bicyclic) bond motifs is 2. The van der Waals surface area contributed by atoms with E-state index in [0.717, 1.165) is 41.5 Å². The van der Waals surface area contributed by atoms with Gasteiger partial charge in [-0.1, -0.05) is 25.4 Å². The van der Waals surface area contributed by atoms with Gasteiger partial charge in [-0.2, -0.15) is 5.26 Å². The summed E-state index contributed by atoms with van der Waals surface area (Å²) >= 11 is 6.08. The minimum atomic E-state index is 0.0348. The van der Waals surface area contributed by atoms with Gasteiger partial charge in [-0.3, -0.25) is 0 Å². The van der Waals surface area contributed by atoms with Gasteiger partial charge in [0.05, 0.1) is 23.2 Å². The van der Waals surface area contributed by atoms with Crippen molar-refractivity contribution in [3.63, 3.8) is 0 Å². The maximum atomic E-state index is 9.57. The third-order valence-electron chi connectivity index (χ3n) is 4.90. The molecule has 0 spiro atoms. The van der Waals surface area contributed by atoms with Crippen molar-refractivity contribution in [2.24, 2.45) is 0 Å². The zero-order chi connectivity index (χ0) is 18.4. The average molecular weight is 367 g/mol. The molecule has 1 atom stereocenters. The molecular formula is C19H19ClN6. The van der Waals surface area contributed by atoms with E-state index in [1.54, 1.807) is 12.1 Å². The molecule has 0 amide bonds. The summed E-state index contributed by atoms with van der Waals surface area (Å²) < 4.78 is 2.21. The molecule has 0 radical (unpaired) electrons. The Bertz CT molecular complexity index is 1030. The first-order valence-electron chi connectivity index (χ1n) is 8.69. The summed E-state index contributed by atoms with van der Waals surface area (Å²) in [4.78, 5) is 6.96. The molecular weight excluding hydrogens is 348 g/mol. The Morgan fingerprint density at radius 3 is 2.77 bits per heavy atom. The van der Waals surface area contributed by atoms with Crippen molar-refractivity contribution in [3.8, 4) is 6.07 Å². The number of rotatable bonds is 2. The Kier molecular flexibility index (Phi) is 4.04. The third kappa shape index (κ3) is 2.60. The predicted octanol–water partition coefficient (Wildman–Crippen LogP) is 4.06. The highest BCUT2D eigenvalue weighted by Crippen LogP contribution is 2.32. The molecule has 1 aliphatic heterocycles. The molecule has 6 nitrogen and oxygen atoms in total. The highest BCUT2D eigenvalue weighted by Gasteiger charge is 2.30. The van der Waals surface area contributed by atoms with Crippen molar-refractivity contribution >= 4 is 28.3 Å². The average Bonchev–Trinajstić information content (AvgIpc) is 3.06. The van der Waals surface area contributed by atoms with Crippen LogP contribution in [0.3, 0.4) is 0 Å². The molecule has 0 aliphatic carbocycles. The van der Waals surface area contributed by atoms with Crippen LogP contribution in [0.1, 0.15) is 49.9 Å². The summed E-state index contributed by atoms with van der Waals surface area (Å²) in [6.07, 6.45) is 0. The Morgan fingerprint density at radius 2 is 2.04 bits per heavy atom. The number of benzene rings is 1. The quantitative estimate of drug-likeness (QED) is 0.684. The lowest BCUT2D eigenvalue weighted by Gasteiger charge is -2.35. The van der Waals surface area contributed by atoms with E-state index < -0.39 is 0 Å². The van der Waals surface area contributed by atoms with Crippen LogP contribution in [0.5, 0.6) is 0 Å². The number of pyridine rings is 1. The molecule has 26 heavy (non-hydrogen) atoms. The SMILES string of the molecule is CC(C)c1nnc2n1CCN(c1cc(C#N)c3cc(Cl)ccc3n1)C2C. The molecule has 0 saturated heterocycles. The van der Waals surface area contributed by atoms with E-state index in [-0.39, 0.29) is 6.04 Å². The first kappa shape index (κ1) is 16.8. The molecule has 7 heteroatoms. The number of aromatic nitrogens is 4. The van der Waals surface area contributed by atoms with E-state index >= 15 is 0 Å². The van der Waals surface area contributed by atoms with Crippen molar-refractivity contribution < 1.29 is 0 Å². The van der Waals surface area contributed by atoms with E-state index in [9.17, 15) is 5.26 Å². The number of hydrogen-bond donors (Lipinski definition) is 0. The number of anilines is 1. The van der Waals surface area contributed by atoms with E-state index in [4.69, 9.17) is 16.6 Å². The number of nitriles is 1. The first-order valence-corrected chi connectivity index (χ1v) is 9.07. The second-order valence-electron chi connectivity index (χ2n) is 6.89. The maximum Gasteiger partial charge on any atom is 0.155 e. The molecule has 1 aliphatic rings. The maximum absolute atomic E-state index is 9.57. The minimum absolute atomic E-state index is 0.0348. The number of nitrogens with zero attached hydrogens (tertiary/aromatic N) is 6. The fourth-order valence-corrected chi connectivity index (χ4v) is 3.74. The summed E-state index contributed by atoms with van der Waals surface area (Å²) in [6.45, 7) is 7.96. The third-order valence-corrected chi connectivity index (χ3v) is 5.14. The number of hydrogen-bond acceptors (Lipinski definition) is 5. The van der Waals surface area contributed by atoms with E-state index in [2.05, 4.69) is 46.5 Å². The highest BCUT2D eigenvalue weighted by atomic mass is 35.5. The monoisotopic (exact) mass is 366 g/mol. The molecule has 1 aromatic carbocycles. The van der Waals surface area contributed by atoms with Gasteiger partial charge in [-0.05, 0) is 31.2 Å². The smallest absolute Gasteiger partial charge is 0.155 e. The number of halogens is 1. The Morgan fingerprint density at radius 1 is 1.23 bits per heavy atom. The first-order chi connectivity index (χ1) is 12.5. The van der Waals surface area contributed by atoms with Crippen LogP contribution in [0.15, 0.2) is 24.3 Å². The van der Waals surface area contributed by atoms with Gasteiger partial charge in [0, 0.05) is 29.4 Å². The van der Waals surface area contributed by atoms with Crippen molar-refractivity contribution in [3.05, 3.63) is 46.5 Å². The molecule has 0 bridgehead atoms. The van der Waals surface area contributed by atoms with Gasteiger partial charge in [0.2, 0.25) is 0 Å². The molecule has 2 aromatic heterocycles. The fraction of sp³-hybridized carbons (Fsp3) is 0.368. The second kappa shape index (κ2) is 6.26. The van der Waals surface area contributed by atoms with Gasteiger partial charge < -0.3 is 9.47 Å². The van der Waals surface area contributed by atoms with Crippen LogP contribution in [0.4, 0.5) is 5.82 Å². The summed E-state index contributed by atoms with van der Waals surface area (Å²) in [6, 6.07) is 9.59. The van der Waals surface area contributed by atoms with Gasteiger partial charge in [-0.15, -0.1) is 10.2 Å². The molecule has 0 N–H and O–H groups in total. The van der Waals surface area contributed by atoms with Crippen LogP contribution in [0.2, 0.25) is 5.02 Å². The Hall–Kier alpha value is -2.65. The second-order valence-corrected chi connectivity index (χ2v) is 7.33. The minimum Gasteiger partial charge on any atom is -0.345 e. The summed E-state index contributed by atoms with van der Waals surface area (Å²) in [5, 5.41) is 19.7.